The molecular weight excluding hydrogens is 244 g/mol. The van der Waals surface area contributed by atoms with Gasteiger partial charge in [0.15, 0.2) is 5.58 Å². The van der Waals surface area contributed by atoms with E-state index in [4.69, 9.17) is 10.2 Å². The lowest BCUT2D eigenvalue weighted by atomic mass is 10.2. The number of hydrogen-bond acceptors (Lipinski definition) is 5. The van der Waals surface area contributed by atoms with Gasteiger partial charge < -0.3 is 20.0 Å². The number of nitrogens with two attached hydrogens (primary N) is 1. The van der Waals surface area contributed by atoms with Gasteiger partial charge in [0, 0.05) is 20.1 Å². The second kappa shape index (κ2) is 5.27. The molecule has 0 radical (unpaired) electrons. The Kier molecular flexibility index (Phi) is 3.71. The van der Waals surface area contributed by atoms with E-state index in [1.807, 2.05) is 26.0 Å². The van der Waals surface area contributed by atoms with Gasteiger partial charge in [-0.15, -0.1) is 0 Å². The van der Waals surface area contributed by atoms with E-state index in [2.05, 4.69) is 9.88 Å². The lowest BCUT2D eigenvalue weighted by Crippen LogP contribution is -2.28. The minimum Gasteiger partial charge on any atom is -0.423 e. The number of amides is 1. The first-order chi connectivity index (χ1) is 8.99. The number of para-hydroxylation sites is 1. The molecule has 102 valence electrons. The van der Waals surface area contributed by atoms with Crippen molar-refractivity contribution in [1.82, 2.24) is 9.88 Å². The number of rotatable bonds is 5. The van der Waals surface area contributed by atoms with E-state index in [0.717, 1.165) is 13.1 Å². The first kappa shape index (κ1) is 13.4. The number of hydrogen-bond donors (Lipinski definition) is 1. The van der Waals surface area contributed by atoms with Crippen LogP contribution in [0.25, 0.3) is 11.1 Å². The molecular formula is C13H18N4O2. The summed E-state index contributed by atoms with van der Waals surface area (Å²) in [6.45, 7) is 1.67. The minimum atomic E-state index is -0.499. The molecule has 0 aliphatic heterocycles. The van der Waals surface area contributed by atoms with Crippen LogP contribution in [0.3, 0.4) is 0 Å². The summed E-state index contributed by atoms with van der Waals surface area (Å²) in [5.74, 6) is -0.499. The predicted octanol–water partition coefficient (Wildman–Crippen LogP) is 0.925. The third kappa shape index (κ3) is 2.85. The number of primary amides is 1. The van der Waals surface area contributed by atoms with Crippen LogP contribution in [0.2, 0.25) is 0 Å². The van der Waals surface area contributed by atoms with Crippen molar-refractivity contribution in [2.45, 2.75) is 0 Å². The van der Waals surface area contributed by atoms with Crippen molar-refractivity contribution in [1.29, 1.82) is 0 Å². The van der Waals surface area contributed by atoms with Gasteiger partial charge in [-0.25, -0.2) is 0 Å². The fourth-order valence-electron chi connectivity index (χ4n) is 1.74. The molecule has 1 amide bonds. The summed E-state index contributed by atoms with van der Waals surface area (Å²) in [6, 6.07) is 5.65. The summed E-state index contributed by atoms with van der Waals surface area (Å²) in [5.41, 5.74) is 6.79. The second-order valence-corrected chi connectivity index (χ2v) is 4.74. The maximum absolute atomic E-state index is 11.3. The van der Waals surface area contributed by atoms with E-state index in [0.29, 0.717) is 22.7 Å². The quantitative estimate of drug-likeness (QED) is 0.867. The van der Waals surface area contributed by atoms with E-state index >= 15 is 0 Å². The summed E-state index contributed by atoms with van der Waals surface area (Å²) < 4.78 is 5.64. The zero-order chi connectivity index (χ0) is 14.0. The average Bonchev–Trinajstić information content (AvgIpc) is 2.78. The summed E-state index contributed by atoms with van der Waals surface area (Å²) in [4.78, 5) is 19.7. The number of aromatic nitrogens is 1. The number of carbonyl (C=O) groups excluding carboxylic acids is 1. The van der Waals surface area contributed by atoms with Gasteiger partial charge in [0.2, 0.25) is 0 Å². The first-order valence-corrected chi connectivity index (χ1v) is 6.04. The summed E-state index contributed by atoms with van der Waals surface area (Å²) in [5, 5.41) is 0. The van der Waals surface area contributed by atoms with E-state index < -0.39 is 5.91 Å². The van der Waals surface area contributed by atoms with E-state index in [-0.39, 0.29) is 0 Å². The van der Waals surface area contributed by atoms with Crippen LogP contribution in [0.15, 0.2) is 22.6 Å². The highest BCUT2D eigenvalue weighted by atomic mass is 16.4. The molecule has 0 bridgehead atoms. The van der Waals surface area contributed by atoms with E-state index in [1.54, 1.807) is 18.2 Å². The Morgan fingerprint density at radius 2 is 2.05 bits per heavy atom. The SMILES string of the molecule is CN(C)CCN(C)c1nc2c(C(N)=O)cccc2o1. The van der Waals surface area contributed by atoms with Crippen LogP contribution in [-0.2, 0) is 0 Å². The summed E-state index contributed by atoms with van der Waals surface area (Å²) in [7, 11) is 5.91. The highest BCUT2D eigenvalue weighted by molar-refractivity contribution is 6.03. The molecule has 2 rings (SSSR count). The van der Waals surface area contributed by atoms with Crippen LogP contribution < -0.4 is 10.6 Å². The normalized spacial score (nSPS) is 11.2. The van der Waals surface area contributed by atoms with Crippen molar-refractivity contribution in [3.63, 3.8) is 0 Å². The predicted molar refractivity (Wildman–Crippen MR) is 74.4 cm³/mol. The molecule has 0 aliphatic carbocycles. The molecule has 0 unspecified atom stereocenters. The van der Waals surface area contributed by atoms with Crippen LogP contribution in [0.1, 0.15) is 10.4 Å². The molecule has 0 spiro atoms. The molecule has 0 fully saturated rings. The summed E-state index contributed by atoms with van der Waals surface area (Å²) in [6.07, 6.45) is 0. The van der Waals surface area contributed by atoms with Crippen molar-refractivity contribution in [3.05, 3.63) is 23.8 Å². The Bertz CT molecular complexity index is 591. The standard InChI is InChI=1S/C13H18N4O2/c1-16(2)7-8-17(3)13-15-11-9(12(14)18)5-4-6-10(11)19-13/h4-6H,7-8H2,1-3H3,(H2,14,18). The molecule has 6 nitrogen and oxygen atoms in total. The molecule has 2 aromatic rings. The number of anilines is 1. The topological polar surface area (TPSA) is 75.6 Å². The van der Waals surface area contributed by atoms with Gasteiger partial charge in [0.05, 0.1) is 5.56 Å². The third-order valence-corrected chi connectivity index (χ3v) is 2.88. The average molecular weight is 262 g/mol. The fraction of sp³-hybridized carbons (Fsp3) is 0.385. The highest BCUT2D eigenvalue weighted by Gasteiger charge is 2.15. The van der Waals surface area contributed by atoms with Crippen LogP contribution >= 0.6 is 0 Å². The van der Waals surface area contributed by atoms with Crippen LogP contribution in [0.4, 0.5) is 6.01 Å². The molecule has 0 saturated heterocycles. The van der Waals surface area contributed by atoms with E-state index in [9.17, 15) is 4.79 Å². The van der Waals surface area contributed by atoms with Gasteiger partial charge in [-0.3, -0.25) is 4.79 Å². The smallest absolute Gasteiger partial charge is 0.298 e. The zero-order valence-electron chi connectivity index (χ0n) is 11.4. The van der Waals surface area contributed by atoms with Gasteiger partial charge in [-0.05, 0) is 26.2 Å². The molecule has 1 aromatic heterocycles. The van der Waals surface area contributed by atoms with Crippen molar-refractivity contribution in [2.75, 3.05) is 39.1 Å². The Hall–Kier alpha value is -2.08. The molecule has 0 saturated carbocycles. The Labute approximate surface area is 111 Å². The van der Waals surface area contributed by atoms with Gasteiger partial charge in [-0.1, -0.05) is 6.07 Å². The van der Waals surface area contributed by atoms with Crippen LogP contribution in [0, 0.1) is 0 Å². The van der Waals surface area contributed by atoms with Crippen molar-refractivity contribution < 1.29 is 9.21 Å². The minimum absolute atomic E-state index is 0.383. The van der Waals surface area contributed by atoms with Crippen molar-refractivity contribution in [3.8, 4) is 0 Å². The first-order valence-electron chi connectivity index (χ1n) is 6.04. The zero-order valence-corrected chi connectivity index (χ0v) is 11.4. The van der Waals surface area contributed by atoms with Crippen LogP contribution in [0.5, 0.6) is 0 Å². The Morgan fingerprint density at radius 3 is 2.68 bits per heavy atom. The summed E-state index contributed by atoms with van der Waals surface area (Å²) >= 11 is 0. The Balaban J connectivity index is 2.31. The number of oxazole rings is 1. The van der Waals surface area contributed by atoms with Gasteiger partial charge in [0.1, 0.15) is 5.52 Å². The number of carbonyl (C=O) groups is 1. The van der Waals surface area contributed by atoms with Gasteiger partial charge >= 0.3 is 0 Å². The number of benzene rings is 1. The second-order valence-electron chi connectivity index (χ2n) is 4.74. The molecule has 1 heterocycles. The molecule has 0 atom stereocenters. The lowest BCUT2D eigenvalue weighted by Gasteiger charge is -2.17. The molecule has 1 aromatic carbocycles. The van der Waals surface area contributed by atoms with Crippen molar-refractivity contribution >= 4 is 23.0 Å². The maximum Gasteiger partial charge on any atom is 0.298 e. The van der Waals surface area contributed by atoms with Gasteiger partial charge in [-0.2, -0.15) is 4.98 Å². The van der Waals surface area contributed by atoms with Crippen LogP contribution in [-0.4, -0.2) is 50.0 Å². The van der Waals surface area contributed by atoms with Gasteiger partial charge in [0.25, 0.3) is 11.9 Å². The molecule has 6 heteroatoms. The molecule has 2 N–H and O–H groups in total. The molecule has 0 aliphatic rings. The third-order valence-electron chi connectivity index (χ3n) is 2.88. The number of likely N-dealkylation sites (N-methyl/N-ethyl adjacent to an activating group) is 2. The van der Waals surface area contributed by atoms with Crippen molar-refractivity contribution in [2.24, 2.45) is 5.73 Å². The monoisotopic (exact) mass is 262 g/mol. The van der Waals surface area contributed by atoms with E-state index in [1.165, 1.54) is 0 Å². The largest absolute Gasteiger partial charge is 0.423 e. The maximum atomic E-state index is 11.3. The highest BCUT2D eigenvalue weighted by Crippen LogP contribution is 2.23. The fourth-order valence-corrected chi connectivity index (χ4v) is 1.74. The number of nitrogens with zero attached hydrogens (tertiary/aromatic N) is 3. The number of fused-ring (bicyclic) bond motifs is 1. The molecule has 19 heavy (non-hydrogen) atoms. The Morgan fingerprint density at radius 1 is 1.32 bits per heavy atom. The lowest BCUT2D eigenvalue weighted by molar-refractivity contribution is 0.100.